The number of nitrogens with zero attached hydrogens (tertiary/aromatic N) is 2. The summed E-state index contributed by atoms with van der Waals surface area (Å²) < 4.78 is 1.82. The number of carbonyl (C=O) groups is 1. The third-order valence-corrected chi connectivity index (χ3v) is 9.60. The molecular formula is C29H31Cl3N4O. The monoisotopic (exact) mass is 556 g/mol. The highest BCUT2D eigenvalue weighted by atomic mass is 35.5. The molecule has 4 bridgehead atoms. The van der Waals surface area contributed by atoms with E-state index in [1.807, 2.05) is 41.9 Å². The van der Waals surface area contributed by atoms with E-state index in [4.69, 9.17) is 39.9 Å². The second-order valence-electron chi connectivity index (χ2n) is 11.1. The third-order valence-electron chi connectivity index (χ3n) is 8.81. The minimum absolute atomic E-state index is 0.139. The van der Waals surface area contributed by atoms with Crippen LogP contribution in [0, 0.1) is 36.5 Å². The number of amides is 2. The predicted molar refractivity (Wildman–Crippen MR) is 150 cm³/mol. The fourth-order valence-corrected chi connectivity index (χ4v) is 7.91. The zero-order chi connectivity index (χ0) is 25.7. The van der Waals surface area contributed by atoms with Crippen LogP contribution in [0.4, 0.5) is 4.79 Å². The molecule has 2 N–H and O–H groups in total. The molecule has 0 aliphatic heterocycles. The number of urea groups is 1. The van der Waals surface area contributed by atoms with Crippen molar-refractivity contribution in [1.29, 1.82) is 0 Å². The Morgan fingerprint density at radius 2 is 1.57 bits per heavy atom. The summed E-state index contributed by atoms with van der Waals surface area (Å²) in [6.45, 7) is 3.10. The van der Waals surface area contributed by atoms with E-state index in [0.717, 1.165) is 58.4 Å². The normalized spacial score (nSPS) is 25.9. The van der Waals surface area contributed by atoms with Crippen molar-refractivity contribution in [3.8, 4) is 16.9 Å². The Hall–Kier alpha value is -2.21. The maximum Gasteiger partial charge on any atom is 0.315 e. The van der Waals surface area contributed by atoms with E-state index in [0.29, 0.717) is 27.5 Å². The lowest BCUT2D eigenvalue weighted by atomic mass is 9.52. The molecule has 4 saturated carbocycles. The Morgan fingerprint density at radius 3 is 2.22 bits per heavy atom. The van der Waals surface area contributed by atoms with Crippen molar-refractivity contribution in [3.63, 3.8) is 0 Å². The Morgan fingerprint density at radius 1 is 0.919 bits per heavy atom. The van der Waals surface area contributed by atoms with Crippen LogP contribution in [0.5, 0.6) is 0 Å². The van der Waals surface area contributed by atoms with Crippen molar-refractivity contribution >= 4 is 40.8 Å². The van der Waals surface area contributed by atoms with Crippen molar-refractivity contribution in [2.75, 3.05) is 6.54 Å². The van der Waals surface area contributed by atoms with E-state index >= 15 is 0 Å². The van der Waals surface area contributed by atoms with Crippen molar-refractivity contribution in [2.24, 2.45) is 29.6 Å². The van der Waals surface area contributed by atoms with E-state index in [1.165, 1.54) is 32.1 Å². The zero-order valence-electron chi connectivity index (χ0n) is 20.8. The number of halogens is 3. The molecule has 0 unspecified atom stereocenters. The molecule has 2 amide bonds. The first-order chi connectivity index (χ1) is 17.9. The highest BCUT2D eigenvalue weighted by Gasteiger charge is 2.47. The second kappa shape index (κ2) is 10.2. The molecule has 4 aliphatic carbocycles. The van der Waals surface area contributed by atoms with Gasteiger partial charge < -0.3 is 10.6 Å². The topological polar surface area (TPSA) is 59.0 Å². The van der Waals surface area contributed by atoms with Gasteiger partial charge in [0.1, 0.15) is 0 Å². The maximum atomic E-state index is 12.8. The molecule has 5 nitrogen and oxygen atoms in total. The van der Waals surface area contributed by atoms with Gasteiger partial charge in [0.2, 0.25) is 0 Å². The summed E-state index contributed by atoms with van der Waals surface area (Å²) in [5.74, 6) is 4.09. The van der Waals surface area contributed by atoms with Crippen LogP contribution in [-0.2, 0) is 6.54 Å². The van der Waals surface area contributed by atoms with Gasteiger partial charge in [-0.25, -0.2) is 9.48 Å². The number of benzene rings is 2. The van der Waals surface area contributed by atoms with Crippen LogP contribution in [0.1, 0.15) is 43.4 Å². The number of aromatic nitrogens is 2. The molecule has 2 aromatic carbocycles. The van der Waals surface area contributed by atoms with Crippen LogP contribution < -0.4 is 10.6 Å². The lowest BCUT2D eigenvalue weighted by Gasteiger charge is -2.54. The van der Waals surface area contributed by atoms with Gasteiger partial charge in [-0.15, -0.1) is 0 Å². The number of nitrogens with one attached hydrogen (secondary N) is 2. The molecule has 8 heteroatoms. The average Bonchev–Trinajstić information content (AvgIpc) is 3.18. The molecule has 37 heavy (non-hydrogen) atoms. The smallest absolute Gasteiger partial charge is 0.315 e. The fraction of sp³-hybridized carbons (Fsp3) is 0.448. The van der Waals surface area contributed by atoms with E-state index in [9.17, 15) is 4.79 Å². The van der Waals surface area contributed by atoms with Gasteiger partial charge in [0.05, 0.1) is 28.6 Å². The fourth-order valence-electron chi connectivity index (χ4n) is 7.29. The number of rotatable bonds is 6. The van der Waals surface area contributed by atoms with E-state index in [2.05, 4.69) is 10.6 Å². The quantitative estimate of drug-likeness (QED) is 0.326. The first-order valence-electron chi connectivity index (χ1n) is 13.2. The van der Waals surface area contributed by atoms with Crippen LogP contribution in [0.15, 0.2) is 42.5 Å². The first-order valence-corrected chi connectivity index (χ1v) is 14.3. The lowest BCUT2D eigenvalue weighted by molar-refractivity contribution is -0.0343. The Kier molecular flexibility index (Phi) is 6.89. The molecular weight excluding hydrogens is 527 g/mol. The highest BCUT2D eigenvalue weighted by Crippen LogP contribution is 2.56. The molecule has 1 heterocycles. The summed E-state index contributed by atoms with van der Waals surface area (Å²) in [6, 6.07) is 12.8. The molecule has 1 aromatic heterocycles. The Balaban J connectivity index is 1.18. The molecule has 194 valence electrons. The van der Waals surface area contributed by atoms with Crippen LogP contribution in [0.3, 0.4) is 0 Å². The minimum atomic E-state index is -0.139. The van der Waals surface area contributed by atoms with Crippen molar-refractivity contribution < 1.29 is 4.79 Å². The van der Waals surface area contributed by atoms with E-state index in [1.54, 1.807) is 12.1 Å². The molecule has 4 aliphatic rings. The minimum Gasteiger partial charge on any atom is -0.338 e. The second-order valence-corrected chi connectivity index (χ2v) is 12.4. The summed E-state index contributed by atoms with van der Waals surface area (Å²) in [5.41, 5.74) is 4.32. The van der Waals surface area contributed by atoms with Gasteiger partial charge in [-0.1, -0.05) is 46.9 Å². The highest BCUT2D eigenvalue weighted by molar-refractivity contribution is 6.35. The SMILES string of the molecule is Cc1c(CNC(=O)NCC2[C@H]3C[C@@H]4C[C@@H](C[C@H]2C4)C3)nn(-c2ccc(Cl)cc2Cl)c1-c1ccc(Cl)cc1. The molecule has 0 radical (unpaired) electrons. The van der Waals surface area contributed by atoms with Gasteiger partial charge in [0, 0.05) is 27.7 Å². The van der Waals surface area contributed by atoms with Gasteiger partial charge >= 0.3 is 6.03 Å². The zero-order valence-corrected chi connectivity index (χ0v) is 23.1. The van der Waals surface area contributed by atoms with Gasteiger partial charge in [0.15, 0.2) is 0 Å². The van der Waals surface area contributed by atoms with Gasteiger partial charge in [0.25, 0.3) is 0 Å². The van der Waals surface area contributed by atoms with E-state index in [-0.39, 0.29) is 6.03 Å². The molecule has 0 spiro atoms. The summed E-state index contributed by atoms with van der Waals surface area (Å²) in [6.07, 6.45) is 6.88. The number of hydrogen-bond donors (Lipinski definition) is 2. The number of carbonyl (C=O) groups excluding carboxylic acids is 1. The van der Waals surface area contributed by atoms with Crippen molar-refractivity contribution in [3.05, 3.63) is 68.8 Å². The molecule has 7 rings (SSSR count). The lowest BCUT2D eigenvalue weighted by Crippen LogP contribution is -2.50. The summed E-state index contributed by atoms with van der Waals surface area (Å²) in [5, 5.41) is 12.8. The third kappa shape index (κ3) is 4.98. The van der Waals surface area contributed by atoms with Gasteiger partial charge in [-0.2, -0.15) is 5.10 Å². The van der Waals surface area contributed by atoms with Crippen LogP contribution in [0.2, 0.25) is 15.1 Å². The molecule has 0 atom stereocenters. The Labute approximate surface area is 232 Å². The maximum absolute atomic E-state index is 12.8. The largest absolute Gasteiger partial charge is 0.338 e. The predicted octanol–water partition coefficient (Wildman–Crippen LogP) is 7.68. The summed E-state index contributed by atoms with van der Waals surface area (Å²) in [4.78, 5) is 12.8. The standard InChI is InChI=1S/C29H31Cl3N4O/c1-16-26(15-34-29(37)33-14-24-20-9-17-8-18(11-20)12-21(24)10-17)35-36(27-7-6-23(31)13-25(27)32)28(16)19-2-4-22(30)5-3-19/h2-7,13,17-18,20-21,24H,8-12,14-15H2,1H3,(H2,33,34,37)/t17-,18+,20-,21+,24?. The van der Waals surface area contributed by atoms with Crippen molar-refractivity contribution in [1.82, 2.24) is 20.4 Å². The molecule has 4 fully saturated rings. The summed E-state index contributed by atoms with van der Waals surface area (Å²) in [7, 11) is 0. The van der Waals surface area contributed by atoms with Crippen LogP contribution in [0.25, 0.3) is 16.9 Å². The van der Waals surface area contributed by atoms with E-state index < -0.39 is 0 Å². The number of hydrogen-bond acceptors (Lipinski definition) is 2. The average molecular weight is 558 g/mol. The molecule has 0 saturated heterocycles. The van der Waals surface area contributed by atoms with Crippen molar-refractivity contribution in [2.45, 2.75) is 45.6 Å². The van der Waals surface area contributed by atoms with Gasteiger partial charge in [-0.05, 0) is 98.9 Å². The van der Waals surface area contributed by atoms with Crippen LogP contribution >= 0.6 is 34.8 Å². The van der Waals surface area contributed by atoms with Gasteiger partial charge in [-0.3, -0.25) is 0 Å². The molecule has 3 aromatic rings. The van der Waals surface area contributed by atoms with Crippen LogP contribution in [-0.4, -0.2) is 22.4 Å². The Bertz CT molecular complexity index is 1290. The summed E-state index contributed by atoms with van der Waals surface area (Å²) >= 11 is 18.8. The first kappa shape index (κ1) is 25.1.